The Labute approximate surface area is 167 Å². The first-order valence-electron chi connectivity index (χ1n) is 8.42. The number of sulfonamides is 1. The number of benzene rings is 2. The monoisotopic (exact) mass is 419 g/mol. The number of halogens is 1. The van der Waals surface area contributed by atoms with Crippen molar-refractivity contribution in [1.82, 2.24) is 4.72 Å². The van der Waals surface area contributed by atoms with Crippen LogP contribution in [0.1, 0.15) is 19.4 Å². The number of nitrogens with one attached hydrogen (secondary N) is 2. The Balaban J connectivity index is 1.96. The van der Waals surface area contributed by atoms with Crippen LogP contribution < -0.4 is 10.0 Å². The Bertz CT molecular complexity index is 1050. The van der Waals surface area contributed by atoms with E-state index in [0.29, 0.717) is 11.3 Å². The highest BCUT2D eigenvalue weighted by atomic mass is 32.2. The summed E-state index contributed by atoms with van der Waals surface area (Å²) >= 11 is 0. The second kappa shape index (κ2) is 9.27. The van der Waals surface area contributed by atoms with Gasteiger partial charge in [-0.25, -0.2) is 12.8 Å². The number of anilines is 1. The number of hydrogen-bond donors (Lipinski definition) is 2. The van der Waals surface area contributed by atoms with Crippen LogP contribution in [-0.4, -0.2) is 32.4 Å². The van der Waals surface area contributed by atoms with Crippen molar-refractivity contribution in [2.75, 3.05) is 5.32 Å². The van der Waals surface area contributed by atoms with E-state index in [0.717, 1.165) is 24.3 Å². The molecule has 0 radical (unpaired) electrons. The summed E-state index contributed by atoms with van der Waals surface area (Å²) < 4.78 is 44.5. The molecular weight excluding hydrogens is 401 g/mol. The summed E-state index contributed by atoms with van der Waals surface area (Å²) in [7, 11) is -4.08. The minimum atomic E-state index is -4.08. The Morgan fingerprint density at radius 3 is 2.41 bits per heavy atom. The maximum absolute atomic E-state index is 12.9. The molecule has 0 aliphatic rings. The lowest BCUT2D eigenvalue weighted by Crippen LogP contribution is -2.42. The fourth-order valence-electron chi connectivity index (χ4n) is 2.20. The van der Waals surface area contributed by atoms with Gasteiger partial charge in [-0.15, -0.1) is 0 Å². The number of esters is 1. The third-order valence-corrected chi connectivity index (χ3v) is 5.29. The molecule has 0 fully saturated rings. The van der Waals surface area contributed by atoms with Gasteiger partial charge in [0.05, 0.1) is 16.5 Å². The van der Waals surface area contributed by atoms with Gasteiger partial charge in [0.25, 0.3) is 5.91 Å². The van der Waals surface area contributed by atoms with Gasteiger partial charge in [-0.05, 0) is 56.3 Å². The van der Waals surface area contributed by atoms with E-state index in [4.69, 9.17) is 10.00 Å². The lowest BCUT2D eigenvalue weighted by Gasteiger charge is -2.17. The maximum Gasteiger partial charge on any atom is 0.324 e. The van der Waals surface area contributed by atoms with Crippen molar-refractivity contribution >= 4 is 27.6 Å². The molecule has 0 bridgehead atoms. The minimum Gasteiger partial charge on any atom is -0.451 e. The molecule has 0 saturated heterocycles. The summed E-state index contributed by atoms with van der Waals surface area (Å²) in [5.74, 6) is -2.22. The van der Waals surface area contributed by atoms with Crippen molar-refractivity contribution in [3.63, 3.8) is 0 Å². The van der Waals surface area contributed by atoms with Gasteiger partial charge in [0.15, 0.2) is 6.10 Å². The molecule has 0 aliphatic heterocycles. The molecule has 2 N–H and O–H groups in total. The molecule has 2 atom stereocenters. The number of hydrogen-bond acceptors (Lipinski definition) is 6. The molecule has 152 valence electrons. The topological polar surface area (TPSA) is 125 Å². The second-order valence-electron chi connectivity index (χ2n) is 6.06. The number of ether oxygens (including phenoxy) is 1. The van der Waals surface area contributed by atoms with Crippen LogP contribution in [0.2, 0.25) is 0 Å². The largest absolute Gasteiger partial charge is 0.451 e. The van der Waals surface area contributed by atoms with E-state index in [1.54, 1.807) is 18.2 Å². The van der Waals surface area contributed by atoms with Crippen LogP contribution in [0, 0.1) is 17.1 Å². The summed E-state index contributed by atoms with van der Waals surface area (Å²) in [6, 6.07) is 10.9. The average molecular weight is 419 g/mol. The normalized spacial score (nSPS) is 13.0. The van der Waals surface area contributed by atoms with Crippen LogP contribution in [0.5, 0.6) is 0 Å². The number of nitrogens with zero attached hydrogens (tertiary/aromatic N) is 1. The molecule has 2 aromatic carbocycles. The summed E-state index contributed by atoms with van der Waals surface area (Å²) in [5, 5.41) is 11.4. The van der Waals surface area contributed by atoms with Crippen molar-refractivity contribution in [2.45, 2.75) is 30.9 Å². The molecule has 0 aliphatic carbocycles. The summed E-state index contributed by atoms with van der Waals surface area (Å²) in [6.45, 7) is 2.58. The van der Waals surface area contributed by atoms with Crippen LogP contribution in [0.25, 0.3) is 0 Å². The van der Waals surface area contributed by atoms with Gasteiger partial charge in [0.2, 0.25) is 10.0 Å². The van der Waals surface area contributed by atoms with Crippen molar-refractivity contribution in [1.29, 1.82) is 5.26 Å². The molecule has 0 saturated carbocycles. The summed E-state index contributed by atoms with van der Waals surface area (Å²) in [6.07, 6.45) is -1.22. The molecule has 0 aromatic heterocycles. The molecule has 0 heterocycles. The molecule has 0 unspecified atom stereocenters. The Morgan fingerprint density at radius 1 is 1.14 bits per heavy atom. The van der Waals surface area contributed by atoms with Crippen LogP contribution in [0.3, 0.4) is 0 Å². The second-order valence-corrected chi connectivity index (χ2v) is 7.77. The quantitative estimate of drug-likeness (QED) is 0.661. The lowest BCUT2D eigenvalue weighted by molar-refractivity contribution is -0.154. The molecule has 8 nitrogen and oxygen atoms in total. The first-order chi connectivity index (χ1) is 13.6. The van der Waals surface area contributed by atoms with Crippen LogP contribution in [0.4, 0.5) is 10.1 Å². The molecule has 29 heavy (non-hydrogen) atoms. The first kappa shape index (κ1) is 22.0. The molecule has 1 amide bonds. The number of nitriles is 1. The molecule has 10 heteroatoms. The standard InChI is InChI=1S/C19H18FN3O5S/c1-12(23-29(26,27)17-8-6-15(20)7-9-17)19(25)28-13(2)18(24)22-16-5-3-4-14(10-16)11-21/h3-10,12-13,23H,1-2H3,(H,22,24)/t12-,13+/m0/s1. The molecule has 0 spiro atoms. The fourth-order valence-corrected chi connectivity index (χ4v) is 3.39. The maximum atomic E-state index is 12.9. The third kappa shape index (κ3) is 6.10. The van der Waals surface area contributed by atoms with Crippen LogP contribution in [-0.2, 0) is 24.3 Å². The predicted octanol–water partition coefficient (Wildman–Crippen LogP) is 1.93. The van der Waals surface area contributed by atoms with E-state index in [1.165, 1.54) is 19.9 Å². The van der Waals surface area contributed by atoms with Gasteiger partial charge >= 0.3 is 5.97 Å². The highest BCUT2D eigenvalue weighted by molar-refractivity contribution is 7.89. The van der Waals surface area contributed by atoms with E-state index >= 15 is 0 Å². The van der Waals surface area contributed by atoms with Gasteiger partial charge in [-0.2, -0.15) is 9.98 Å². The van der Waals surface area contributed by atoms with Crippen LogP contribution >= 0.6 is 0 Å². The zero-order valence-corrected chi connectivity index (χ0v) is 16.4. The zero-order valence-electron chi connectivity index (χ0n) is 15.5. The number of amides is 1. The minimum absolute atomic E-state index is 0.221. The average Bonchev–Trinajstić information content (AvgIpc) is 2.67. The van der Waals surface area contributed by atoms with E-state index in [-0.39, 0.29) is 4.90 Å². The fraction of sp³-hybridized carbons (Fsp3) is 0.211. The first-order valence-corrected chi connectivity index (χ1v) is 9.90. The zero-order chi connectivity index (χ0) is 21.6. The molecule has 2 rings (SSSR count). The van der Waals surface area contributed by atoms with Crippen molar-refractivity contribution in [3.8, 4) is 6.07 Å². The SMILES string of the molecule is C[C@H](NS(=O)(=O)c1ccc(F)cc1)C(=O)O[C@H](C)C(=O)Nc1cccc(C#N)c1. The third-order valence-electron chi connectivity index (χ3n) is 3.73. The van der Waals surface area contributed by atoms with Gasteiger partial charge in [-0.3, -0.25) is 9.59 Å². The van der Waals surface area contributed by atoms with E-state index in [1.807, 2.05) is 6.07 Å². The van der Waals surface area contributed by atoms with Crippen molar-refractivity contribution in [3.05, 3.63) is 59.9 Å². The Kier molecular flexibility index (Phi) is 7.03. The van der Waals surface area contributed by atoms with E-state index in [2.05, 4.69) is 10.0 Å². The summed E-state index contributed by atoms with van der Waals surface area (Å²) in [4.78, 5) is 24.1. The van der Waals surface area contributed by atoms with Crippen molar-refractivity contribution in [2.24, 2.45) is 0 Å². The summed E-state index contributed by atoms with van der Waals surface area (Å²) in [5.41, 5.74) is 0.693. The van der Waals surface area contributed by atoms with E-state index in [9.17, 15) is 22.4 Å². The molecule has 2 aromatic rings. The number of rotatable bonds is 7. The van der Waals surface area contributed by atoms with Gasteiger partial charge in [0, 0.05) is 5.69 Å². The number of carbonyl (C=O) groups excluding carboxylic acids is 2. The highest BCUT2D eigenvalue weighted by Crippen LogP contribution is 2.12. The van der Waals surface area contributed by atoms with Crippen LogP contribution in [0.15, 0.2) is 53.4 Å². The van der Waals surface area contributed by atoms with Gasteiger partial charge in [0.1, 0.15) is 11.9 Å². The Hall–Kier alpha value is -3.29. The smallest absolute Gasteiger partial charge is 0.324 e. The lowest BCUT2D eigenvalue weighted by atomic mass is 10.2. The molecular formula is C19H18FN3O5S. The number of carbonyl (C=O) groups is 2. The van der Waals surface area contributed by atoms with Gasteiger partial charge < -0.3 is 10.1 Å². The van der Waals surface area contributed by atoms with E-state index < -0.39 is 39.9 Å². The highest BCUT2D eigenvalue weighted by Gasteiger charge is 2.26. The Morgan fingerprint density at radius 2 is 1.79 bits per heavy atom. The van der Waals surface area contributed by atoms with Gasteiger partial charge in [-0.1, -0.05) is 6.07 Å². The predicted molar refractivity (Wildman–Crippen MR) is 102 cm³/mol. The van der Waals surface area contributed by atoms with Crippen molar-refractivity contribution < 1.29 is 27.1 Å².